The van der Waals surface area contributed by atoms with Crippen molar-refractivity contribution in [2.75, 3.05) is 24.6 Å². The number of ether oxygens (including phenoxy) is 2. The normalized spacial score (nSPS) is 23.7. The monoisotopic (exact) mass is 474 g/mol. The van der Waals surface area contributed by atoms with Crippen molar-refractivity contribution in [2.45, 2.75) is 32.2 Å². The highest BCUT2D eigenvalue weighted by molar-refractivity contribution is 5.86. The van der Waals surface area contributed by atoms with Gasteiger partial charge in [-0.15, -0.1) is 0 Å². The maximum absolute atomic E-state index is 16.0. The molecular formula is C24H24F2N2O6. The molecule has 1 saturated carbocycles. The van der Waals surface area contributed by atoms with Crippen LogP contribution in [0.25, 0.3) is 10.9 Å². The van der Waals surface area contributed by atoms with Gasteiger partial charge in [0.15, 0.2) is 11.6 Å². The third-order valence-corrected chi connectivity index (χ3v) is 6.90. The smallest absolute Gasteiger partial charge is 0.466 e. The molecule has 0 bridgehead atoms. The predicted molar refractivity (Wildman–Crippen MR) is 118 cm³/mol. The van der Waals surface area contributed by atoms with Crippen LogP contribution in [0.1, 0.15) is 32.2 Å². The topological polar surface area (TPSA) is 98.1 Å². The van der Waals surface area contributed by atoms with Crippen LogP contribution in [-0.4, -0.2) is 41.5 Å². The molecule has 180 valence electrons. The maximum Gasteiger partial charge on any atom is 0.511 e. The first-order valence-corrected chi connectivity index (χ1v) is 11.4. The molecule has 1 aliphatic heterocycles. The van der Waals surface area contributed by atoms with Gasteiger partial charge in [-0.05, 0) is 44.1 Å². The zero-order valence-electron chi connectivity index (χ0n) is 18.5. The summed E-state index contributed by atoms with van der Waals surface area (Å²) in [6, 6.07) is 0.814. The molecule has 1 aromatic heterocycles. The van der Waals surface area contributed by atoms with Gasteiger partial charge in [-0.3, -0.25) is 9.59 Å². The number of hydrogen-bond acceptors (Lipinski definition) is 6. The van der Waals surface area contributed by atoms with E-state index in [9.17, 15) is 14.4 Å². The largest absolute Gasteiger partial charge is 0.511 e. The fourth-order valence-corrected chi connectivity index (χ4v) is 5.26. The van der Waals surface area contributed by atoms with Gasteiger partial charge in [0.2, 0.25) is 5.43 Å². The summed E-state index contributed by atoms with van der Waals surface area (Å²) in [6.45, 7) is 2.59. The summed E-state index contributed by atoms with van der Waals surface area (Å²) in [5.74, 6) is -3.19. The van der Waals surface area contributed by atoms with E-state index >= 15 is 8.78 Å². The van der Waals surface area contributed by atoms with Crippen molar-refractivity contribution in [3.63, 3.8) is 0 Å². The van der Waals surface area contributed by atoms with Gasteiger partial charge in [-0.25, -0.2) is 13.6 Å². The summed E-state index contributed by atoms with van der Waals surface area (Å²) >= 11 is 0. The highest BCUT2D eigenvalue weighted by Gasteiger charge is 2.43. The first-order valence-electron chi connectivity index (χ1n) is 11.4. The van der Waals surface area contributed by atoms with Crippen LogP contribution in [-0.2, 0) is 9.53 Å². The Bertz CT molecular complexity index is 1270. The minimum absolute atomic E-state index is 0.0605. The summed E-state index contributed by atoms with van der Waals surface area (Å²) in [6.07, 6.45) is 5.35. The standard InChI is InChI=1S/C24H24F2N2O6/c1-2-33-23(30)14-5-3-4-12-9-27(10-16(12)14)21-17(25)8-15-20(19(21)26)28(13-6-7-13)11-18(22(15)29)34-24(31)32/h3-4,8,11-14,16H,2,5-7,9-10H2,1H3,(H,31,32). The molecule has 1 N–H and O–H groups in total. The van der Waals surface area contributed by atoms with E-state index in [2.05, 4.69) is 4.74 Å². The van der Waals surface area contributed by atoms with Crippen LogP contribution in [0, 0.1) is 29.4 Å². The summed E-state index contributed by atoms with van der Waals surface area (Å²) in [5.41, 5.74) is -1.22. The Hall–Kier alpha value is -3.43. The van der Waals surface area contributed by atoms with E-state index in [0.29, 0.717) is 13.0 Å². The first-order chi connectivity index (χ1) is 16.3. The van der Waals surface area contributed by atoms with Crippen molar-refractivity contribution in [3.05, 3.63) is 46.3 Å². The van der Waals surface area contributed by atoms with E-state index < -0.39 is 29.0 Å². The molecule has 0 amide bonds. The number of hydrogen-bond donors (Lipinski definition) is 1. The van der Waals surface area contributed by atoms with Gasteiger partial charge in [0.1, 0.15) is 11.5 Å². The van der Waals surface area contributed by atoms with Gasteiger partial charge in [0.25, 0.3) is 0 Å². The Morgan fingerprint density at radius 2 is 2.00 bits per heavy atom. The number of rotatable bonds is 5. The van der Waals surface area contributed by atoms with Gasteiger partial charge >= 0.3 is 12.1 Å². The van der Waals surface area contributed by atoms with Crippen molar-refractivity contribution in [2.24, 2.45) is 17.8 Å². The second-order valence-electron chi connectivity index (χ2n) is 9.00. The van der Waals surface area contributed by atoms with Gasteiger partial charge in [-0.2, -0.15) is 0 Å². The number of esters is 1. The molecule has 34 heavy (non-hydrogen) atoms. The van der Waals surface area contributed by atoms with Crippen LogP contribution < -0.4 is 15.1 Å². The molecule has 3 aliphatic rings. The van der Waals surface area contributed by atoms with Crippen molar-refractivity contribution < 1.29 is 33.0 Å². The van der Waals surface area contributed by atoms with E-state index in [-0.39, 0.29) is 59.5 Å². The Balaban J connectivity index is 1.58. The quantitative estimate of drug-likeness (QED) is 0.519. The molecular weight excluding hydrogens is 450 g/mol. The van der Waals surface area contributed by atoms with Crippen molar-refractivity contribution in [1.29, 1.82) is 0 Å². The fraction of sp³-hybridized carbons (Fsp3) is 0.458. The number of fused-ring (bicyclic) bond motifs is 2. The maximum atomic E-state index is 16.0. The first kappa shape index (κ1) is 22.4. The van der Waals surface area contributed by atoms with E-state index in [1.807, 2.05) is 12.2 Å². The van der Waals surface area contributed by atoms with Crippen LogP contribution in [0.2, 0.25) is 0 Å². The number of aromatic nitrogens is 1. The van der Waals surface area contributed by atoms with Crippen LogP contribution in [0.5, 0.6) is 5.75 Å². The lowest BCUT2D eigenvalue weighted by atomic mass is 9.78. The van der Waals surface area contributed by atoms with Gasteiger partial charge in [0, 0.05) is 19.1 Å². The van der Waals surface area contributed by atoms with E-state index in [1.54, 1.807) is 11.8 Å². The number of carbonyl (C=O) groups is 2. The minimum Gasteiger partial charge on any atom is -0.466 e. The molecule has 10 heteroatoms. The van der Waals surface area contributed by atoms with Crippen LogP contribution in [0.15, 0.2) is 29.2 Å². The van der Waals surface area contributed by atoms with Crippen LogP contribution in [0.4, 0.5) is 19.3 Å². The van der Waals surface area contributed by atoms with E-state index in [0.717, 1.165) is 18.9 Å². The predicted octanol–water partition coefficient (Wildman–Crippen LogP) is 3.86. The number of nitrogens with zero attached hydrogens (tertiary/aromatic N) is 2. The highest BCUT2D eigenvalue weighted by atomic mass is 19.1. The van der Waals surface area contributed by atoms with Gasteiger partial charge < -0.3 is 24.0 Å². The summed E-state index contributed by atoms with van der Waals surface area (Å²) < 4.78 is 42.5. The van der Waals surface area contributed by atoms with Crippen LogP contribution >= 0.6 is 0 Å². The number of pyridine rings is 1. The van der Waals surface area contributed by atoms with Crippen molar-refractivity contribution >= 4 is 28.7 Å². The van der Waals surface area contributed by atoms with Crippen LogP contribution in [0.3, 0.4) is 0 Å². The zero-order chi connectivity index (χ0) is 24.1. The third-order valence-electron chi connectivity index (χ3n) is 6.90. The Kier molecular flexibility index (Phi) is 5.53. The van der Waals surface area contributed by atoms with E-state index in [4.69, 9.17) is 9.84 Å². The number of allylic oxidation sites excluding steroid dienone is 1. The number of carbonyl (C=O) groups excluding carboxylic acids is 1. The molecule has 5 rings (SSSR count). The minimum atomic E-state index is -1.68. The highest BCUT2D eigenvalue weighted by Crippen LogP contribution is 2.43. The molecule has 2 heterocycles. The number of carboxylic acid groups (broad SMARTS) is 1. The molecule has 2 fully saturated rings. The SMILES string of the molecule is CCOC(=O)C1CC=CC2CN(c3c(F)cc4c(=O)c(OC(=O)O)cn(C5CC5)c4c3F)CC21. The molecule has 0 spiro atoms. The summed E-state index contributed by atoms with van der Waals surface area (Å²) in [7, 11) is 0. The molecule has 2 aromatic rings. The molecule has 8 nitrogen and oxygen atoms in total. The molecule has 3 unspecified atom stereocenters. The summed E-state index contributed by atoms with van der Waals surface area (Å²) in [5, 5.41) is 8.66. The third kappa shape index (κ3) is 3.70. The number of halogens is 2. The molecule has 3 atom stereocenters. The average Bonchev–Trinajstić information content (AvgIpc) is 3.54. The second kappa shape index (κ2) is 8.41. The molecule has 0 radical (unpaired) electrons. The number of anilines is 1. The van der Waals surface area contributed by atoms with Crippen molar-refractivity contribution in [1.82, 2.24) is 4.57 Å². The van der Waals surface area contributed by atoms with Gasteiger partial charge in [-0.1, -0.05) is 12.2 Å². The number of benzene rings is 1. The van der Waals surface area contributed by atoms with E-state index in [1.165, 1.54) is 10.8 Å². The molecule has 1 aromatic carbocycles. The van der Waals surface area contributed by atoms with Crippen molar-refractivity contribution in [3.8, 4) is 5.75 Å². The Morgan fingerprint density at radius 1 is 1.24 bits per heavy atom. The van der Waals surface area contributed by atoms with Gasteiger partial charge in [0.05, 0.1) is 29.6 Å². The lowest BCUT2D eigenvalue weighted by molar-refractivity contribution is -0.150. The lowest BCUT2D eigenvalue weighted by Crippen LogP contribution is -2.32. The second-order valence-corrected chi connectivity index (χ2v) is 9.00. The molecule has 2 aliphatic carbocycles. The lowest BCUT2D eigenvalue weighted by Gasteiger charge is -2.27. The molecule has 1 saturated heterocycles. The fourth-order valence-electron chi connectivity index (χ4n) is 5.26. The zero-order valence-corrected chi connectivity index (χ0v) is 18.5. The average molecular weight is 474 g/mol. The Labute approximate surface area is 193 Å². The Morgan fingerprint density at radius 3 is 2.68 bits per heavy atom. The summed E-state index contributed by atoms with van der Waals surface area (Å²) in [4.78, 5) is 37.8.